The van der Waals surface area contributed by atoms with Gasteiger partial charge in [-0.15, -0.1) is 0 Å². The molecule has 0 bridgehead atoms. The first-order valence-corrected chi connectivity index (χ1v) is 7.87. The maximum absolute atomic E-state index is 11.7. The first kappa shape index (κ1) is 15.3. The molecule has 21 heavy (non-hydrogen) atoms. The summed E-state index contributed by atoms with van der Waals surface area (Å²) in [5, 5.41) is 4.16. The SMILES string of the molecule is CNS(=O)(=O)c1ccc(Oc2cnn(C(C)C)c2)c(N)c1. The Balaban J connectivity index is 2.25. The van der Waals surface area contributed by atoms with Crippen molar-refractivity contribution in [2.45, 2.75) is 24.8 Å². The number of benzene rings is 1. The first-order valence-electron chi connectivity index (χ1n) is 6.38. The molecule has 8 heteroatoms. The first-order chi connectivity index (χ1) is 9.83. The average Bonchev–Trinajstić information content (AvgIpc) is 2.89. The van der Waals surface area contributed by atoms with Gasteiger partial charge in [0.15, 0.2) is 11.5 Å². The molecule has 1 heterocycles. The van der Waals surface area contributed by atoms with Crippen LogP contribution in [0.5, 0.6) is 11.5 Å². The third kappa shape index (κ3) is 3.34. The van der Waals surface area contributed by atoms with Gasteiger partial charge in [0.2, 0.25) is 10.0 Å². The highest BCUT2D eigenvalue weighted by molar-refractivity contribution is 7.89. The molecule has 0 amide bonds. The Morgan fingerprint density at radius 3 is 2.62 bits per heavy atom. The molecule has 114 valence electrons. The number of nitrogens with zero attached hydrogens (tertiary/aromatic N) is 2. The molecule has 0 spiro atoms. The van der Waals surface area contributed by atoms with Gasteiger partial charge >= 0.3 is 0 Å². The molecule has 0 aliphatic heterocycles. The standard InChI is InChI=1S/C13H18N4O3S/c1-9(2)17-8-10(7-16-17)20-13-5-4-11(6-12(13)14)21(18,19)15-3/h4-9,15H,14H2,1-3H3. The molecule has 0 aliphatic carbocycles. The second kappa shape index (κ2) is 5.74. The van der Waals surface area contributed by atoms with Crippen molar-refractivity contribution in [1.82, 2.24) is 14.5 Å². The van der Waals surface area contributed by atoms with Gasteiger partial charge in [-0.3, -0.25) is 4.68 Å². The molecule has 0 radical (unpaired) electrons. The summed E-state index contributed by atoms with van der Waals surface area (Å²) in [5.74, 6) is 0.924. The van der Waals surface area contributed by atoms with Crippen LogP contribution in [0, 0.1) is 0 Å². The van der Waals surface area contributed by atoms with E-state index in [9.17, 15) is 8.42 Å². The van der Waals surface area contributed by atoms with E-state index in [2.05, 4.69) is 9.82 Å². The van der Waals surface area contributed by atoms with Crippen LogP contribution in [0.2, 0.25) is 0 Å². The number of ether oxygens (including phenoxy) is 1. The number of anilines is 1. The van der Waals surface area contributed by atoms with Crippen LogP contribution < -0.4 is 15.2 Å². The molecule has 0 saturated heterocycles. The molecule has 3 N–H and O–H groups in total. The molecule has 1 aromatic heterocycles. The third-order valence-electron chi connectivity index (χ3n) is 2.89. The smallest absolute Gasteiger partial charge is 0.240 e. The van der Waals surface area contributed by atoms with Gasteiger partial charge < -0.3 is 10.5 Å². The fraction of sp³-hybridized carbons (Fsp3) is 0.308. The van der Waals surface area contributed by atoms with Crippen molar-refractivity contribution >= 4 is 15.7 Å². The van der Waals surface area contributed by atoms with E-state index in [-0.39, 0.29) is 16.6 Å². The topological polar surface area (TPSA) is 99.2 Å². The van der Waals surface area contributed by atoms with Crippen LogP contribution >= 0.6 is 0 Å². The van der Waals surface area contributed by atoms with E-state index in [0.717, 1.165) is 0 Å². The zero-order valence-electron chi connectivity index (χ0n) is 12.1. The van der Waals surface area contributed by atoms with Crippen LogP contribution in [-0.2, 0) is 10.0 Å². The minimum absolute atomic E-state index is 0.0905. The molecule has 0 unspecified atom stereocenters. The predicted molar refractivity (Wildman–Crippen MR) is 79.8 cm³/mol. The highest BCUT2D eigenvalue weighted by atomic mass is 32.2. The Morgan fingerprint density at radius 1 is 1.38 bits per heavy atom. The third-order valence-corrected chi connectivity index (χ3v) is 4.31. The Labute approximate surface area is 123 Å². The van der Waals surface area contributed by atoms with Crippen LogP contribution in [-0.4, -0.2) is 25.2 Å². The largest absolute Gasteiger partial charge is 0.452 e. The highest BCUT2D eigenvalue weighted by Gasteiger charge is 2.14. The van der Waals surface area contributed by atoms with E-state index in [1.54, 1.807) is 17.1 Å². The van der Waals surface area contributed by atoms with Crippen molar-refractivity contribution in [3.8, 4) is 11.5 Å². The normalized spacial score (nSPS) is 11.8. The molecule has 0 saturated carbocycles. The molecular weight excluding hydrogens is 292 g/mol. The number of rotatable bonds is 5. The van der Waals surface area contributed by atoms with E-state index < -0.39 is 10.0 Å². The Hall–Kier alpha value is -2.06. The molecule has 7 nitrogen and oxygen atoms in total. The van der Waals surface area contributed by atoms with Crippen molar-refractivity contribution in [2.24, 2.45) is 0 Å². The number of hydrogen-bond donors (Lipinski definition) is 2. The number of hydrogen-bond acceptors (Lipinski definition) is 5. The Bertz CT molecular complexity index is 738. The predicted octanol–water partition coefficient (Wildman–Crippen LogP) is 1.75. The van der Waals surface area contributed by atoms with Gasteiger partial charge in [0.1, 0.15) is 0 Å². The Morgan fingerprint density at radius 2 is 2.10 bits per heavy atom. The summed E-state index contributed by atoms with van der Waals surface area (Å²) < 4.78 is 33.0. The molecule has 0 aliphatic rings. The number of sulfonamides is 1. The van der Waals surface area contributed by atoms with E-state index >= 15 is 0 Å². The lowest BCUT2D eigenvalue weighted by Crippen LogP contribution is -2.18. The summed E-state index contributed by atoms with van der Waals surface area (Å²) in [6.07, 6.45) is 3.33. The van der Waals surface area contributed by atoms with Crippen molar-refractivity contribution in [3.05, 3.63) is 30.6 Å². The van der Waals surface area contributed by atoms with Crippen LogP contribution in [0.4, 0.5) is 5.69 Å². The number of nitrogens with two attached hydrogens (primary N) is 1. The number of aromatic nitrogens is 2. The van der Waals surface area contributed by atoms with E-state index in [4.69, 9.17) is 10.5 Å². The van der Waals surface area contributed by atoms with Gasteiger partial charge in [0, 0.05) is 6.04 Å². The summed E-state index contributed by atoms with van der Waals surface area (Å²) in [4.78, 5) is 0.0905. The number of nitrogens with one attached hydrogen (secondary N) is 1. The van der Waals surface area contributed by atoms with Crippen LogP contribution in [0.3, 0.4) is 0 Å². The molecule has 2 aromatic rings. The molecular formula is C13H18N4O3S. The maximum Gasteiger partial charge on any atom is 0.240 e. The summed E-state index contributed by atoms with van der Waals surface area (Å²) in [5.41, 5.74) is 6.08. The van der Waals surface area contributed by atoms with Crippen molar-refractivity contribution in [2.75, 3.05) is 12.8 Å². The zero-order valence-corrected chi connectivity index (χ0v) is 12.9. The van der Waals surface area contributed by atoms with Crippen molar-refractivity contribution < 1.29 is 13.2 Å². The van der Waals surface area contributed by atoms with Gasteiger partial charge in [-0.2, -0.15) is 5.10 Å². The van der Waals surface area contributed by atoms with Gasteiger partial charge in [-0.05, 0) is 39.1 Å². The molecule has 2 rings (SSSR count). The van der Waals surface area contributed by atoms with Gasteiger partial charge in [-0.25, -0.2) is 13.1 Å². The van der Waals surface area contributed by atoms with E-state index in [1.807, 2.05) is 13.8 Å². The van der Waals surface area contributed by atoms with Crippen LogP contribution in [0.25, 0.3) is 0 Å². The monoisotopic (exact) mass is 310 g/mol. The number of nitrogen functional groups attached to an aromatic ring is 1. The highest BCUT2D eigenvalue weighted by Crippen LogP contribution is 2.29. The zero-order chi connectivity index (χ0) is 15.6. The van der Waals surface area contributed by atoms with Crippen LogP contribution in [0.15, 0.2) is 35.5 Å². The summed E-state index contributed by atoms with van der Waals surface area (Å²) in [6.45, 7) is 4.01. The van der Waals surface area contributed by atoms with E-state index in [1.165, 1.54) is 25.2 Å². The van der Waals surface area contributed by atoms with Crippen LogP contribution in [0.1, 0.15) is 19.9 Å². The lowest BCUT2D eigenvalue weighted by Gasteiger charge is -2.09. The summed E-state index contributed by atoms with van der Waals surface area (Å²) in [6, 6.07) is 4.54. The maximum atomic E-state index is 11.7. The molecule has 1 aromatic carbocycles. The fourth-order valence-electron chi connectivity index (χ4n) is 1.69. The summed E-state index contributed by atoms with van der Waals surface area (Å²) >= 11 is 0. The van der Waals surface area contributed by atoms with Crippen molar-refractivity contribution in [1.29, 1.82) is 0 Å². The molecule has 0 atom stereocenters. The quantitative estimate of drug-likeness (QED) is 0.820. The van der Waals surface area contributed by atoms with Crippen molar-refractivity contribution in [3.63, 3.8) is 0 Å². The minimum atomic E-state index is -3.52. The lowest BCUT2D eigenvalue weighted by molar-refractivity contribution is 0.479. The lowest BCUT2D eigenvalue weighted by atomic mass is 10.3. The van der Waals surface area contributed by atoms with Gasteiger partial charge in [0.05, 0.1) is 23.0 Å². The molecule has 0 fully saturated rings. The summed E-state index contributed by atoms with van der Waals surface area (Å²) in [7, 11) is -2.18. The second-order valence-electron chi connectivity index (χ2n) is 4.76. The minimum Gasteiger partial charge on any atom is -0.452 e. The van der Waals surface area contributed by atoms with Gasteiger partial charge in [0.25, 0.3) is 0 Å². The fourth-order valence-corrected chi connectivity index (χ4v) is 2.45. The average molecular weight is 310 g/mol. The van der Waals surface area contributed by atoms with Gasteiger partial charge in [-0.1, -0.05) is 0 Å². The van der Waals surface area contributed by atoms with E-state index in [0.29, 0.717) is 11.5 Å². The Kier molecular flexibility index (Phi) is 4.19. The second-order valence-corrected chi connectivity index (χ2v) is 6.65.